The van der Waals surface area contributed by atoms with E-state index in [2.05, 4.69) is 87.7 Å². The molecule has 5 atom stereocenters. The molecule has 1 aliphatic rings. The Labute approximate surface area is 909 Å². The number of nitrogens with zero attached hydrogens (tertiary/aromatic N) is 20. The molecule has 0 aliphatic carbocycles. The normalized spacial score (nSPS) is 13.5. The quantitative estimate of drug-likeness (QED) is 0.0244. The van der Waals surface area contributed by atoms with Crippen LogP contribution in [-0.2, 0) is 86.9 Å². The van der Waals surface area contributed by atoms with Gasteiger partial charge in [0.1, 0.15) is 134 Å². The Bertz CT molecular complexity index is 8190. The SMILES string of the molecule is CCCCS(=O)c1sc2nc(-c3nccs3)cc(-c3ccc(OCCN4CCN(C)CC4)cc3)c2c1N.CCCCS(=O)c1sc2nc(-c3nccs3)cc(-c3cnc(C)n3C)c2c1N.CCCS(=O)c1sc2nc(-c3nccs3)cc(-c3cnc(C)n3C)c2c1N.CCOCCS(=O)c1sc2nc(-c3nccs3)cc(-c3cnc(C)n3C)c2c1N.Cc1ncc(-c2cc(-c3nccs3)nc3sc(S(=O)C(C)C)c(N)c23)n1C. The van der Waals surface area contributed by atoms with Gasteiger partial charge in [-0.15, -0.1) is 113 Å². The van der Waals surface area contributed by atoms with Crippen LogP contribution >= 0.6 is 113 Å². The maximum Gasteiger partial charge on any atom is 0.141 e. The molecule has 0 saturated carbocycles. The lowest BCUT2D eigenvalue weighted by atomic mass is 10.0. The van der Waals surface area contributed by atoms with Crippen LogP contribution in [0.25, 0.3) is 161 Å². The zero-order chi connectivity index (χ0) is 105. The van der Waals surface area contributed by atoms with E-state index < -0.39 is 54.0 Å². The maximum absolute atomic E-state index is 13.0. The number of thiazole rings is 5. The average molecular weight is 2270 g/mol. The first-order valence-corrected chi connectivity index (χ1v) is 62.7. The number of nitrogen functional groups attached to an aromatic ring is 5. The fourth-order valence-electron chi connectivity index (χ4n) is 16.4. The van der Waals surface area contributed by atoms with Crippen molar-refractivity contribution < 1.29 is 30.5 Å². The standard InChI is InChI=1S/C27H33N5O2S3.C19H21N5O2S3.C19H21N5OS3.2C18H19N5OS3/c1-3-4-17-37(33)27-24(28)23-21(18-22(30-26(23)36-27)25-29-9-16-35-25)19-5-7-20(8-6-19)34-15-14-32-12-10-31(2)11-13-32;1-4-26-6-8-29(25)19-16(20)15-12(14-10-22-11(2)24(14)3)9-13(23-18(15)28-19)17-21-5-7-27-17;1-4-5-8-28(25)19-16(20)15-12(14-10-22-11(2)24(14)3)9-13(23-18(15)27-19)17-21-6-7-26-17;1-9(2)27(24)18-15(19)14-11(13-8-21-10(3)23(13)4)7-12(22-17(14)26-18)16-20-5-6-25-16;1-4-7-27(24)18-15(19)14-11(13-9-21-10(2)23(13)3)8-12(22-17(14)26-18)16-20-5-6-25-16/h5-9,16,18H,3-4,10-15,17,28H2,1-2H3;5,7,9-10H,4,6,8,20H2,1-3H3;6-7,9-10H,4-5,8,20H2,1-3H3;5-9H,19H2,1-4H3;5-6,8-9H,4,7,19H2,1-3H3. The molecule has 20 heterocycles. The summed E-state index contributed by atoms with van der Waals surface area (Å²) in [5, 5.41) is 18.1. The van der Waals surface area contributed by atoms with E-state index >= 15 is 0 Å². The molecule has 10 N–H and O–H groups in total. The number of benzene rings is 1. The van der Waals surface area contributed by atoms with E-state index in [4.69, 9.17) is 63.1 Å². The molecule has 32 nitrogen and oxygen atoms in total. The van der Waals surface area contributed by atoms with E-state index in [0.717, 1.165) is 259 Å². The molecular weight excluding hydrogens is 2160 g/mol. The van der Waals surface area contributed by atoms with Gasteiger partial charge in [-0.25, -0.2) is 69.8 Å². The van der Waals surface area contributed by atoms with E-state index in [-0.39, 0.29) is 5.25 Å². The lowest BCUT2D eigenvalue weighted by Gasteiger charge is -2.32. The van der Waals surface area contributed by atoms with Crippen LogP contribution in [0.15, 0.2) is 158 Å². The van der Waals surface area contributed by atoms with E-state index in [1.807, 2.05) is 196 Å². The second kappa shape index (κ2) is 48.7. The highest BCUT2D eigenvalue weighted by atomic mass is 32.2. The first-order chi connectivity index (χ1) is 71.4. The number of nitrogens with two attached hydrogens (primary N) is 5. The summed E-state index contributed by atoms with van der Waals surface area (Å²) in [6.07, 6.45) is 20.9. The van der Waals surface area contributed by atoms with Crippen molar-refractivity contribution in [2.24, 2.45) is 28.2 Å². The Kier molecular flexibility index (Phi) is 35.6. The minimum atomic E-state index is -1.24. The molecule has 0 bridgehead atoms. The van der Waals surface area contributed by atoms with Crippen LogP contribution in [-0.4, -0.2) is 207 Å². The summed E-state index contributed by atoms with van der Waals surface area (Å²) in [5.74, 6) is 6.71. The van der Waals surface area contributed by atoms with Crippen molar-refractivity contribution in [2.45, 2.75) is 128 Å². The number of imidazole rings is 4. The molecule has 5 unspecified atom stereocenters. The monoisotopic (exact) mass is 2270 g/mol. The number of rotatable bonds is 32. The molecule has 1 aromatic carbocycles. The van der Waals surface area contributed by atoms with Gasteiger partial charge in [-0.05, 0) is 115 Å². The molecule has 0 spiro atoms. The van der Waals surface area contributed by atoms with Gasteiger partial charge in [-0.3, -0.25) is 25.9 Å². The Hall–Kier alpha value is -10.8. The van der Waals surface area contributed by atoms with E-state index in [1.54, 1.807) is 65.0 Å². The molecule has 774 valence electrons. The summed E-state index contributed by atoms with van der Waals surface area (Å²) >= 11 is 14.8. The van der Waals surface area contributed by atoms with Crippen molar-refractivity contribution in [3.8, 4) is 115 Å². The summed E-state index contributed by atoms with van der Waals surface area (Å²) in [5.41, 5.74) is 48.9. The van der Waals surface area contributed by atoms with Crippen molar-refractivity contribution in [3.63, 3.8) is 0 Å². The van der Waals surface area contributed by atoms with E-state index in [9.17, 15) is 21.0 Å². The number of ether oxygens (including phenoxy) is 2. The lowest BCUT2D eigenvalue weighted by molar-refractivity contribution is 0.134. The minimum Gasteiger partial charge on any atom is -0.492 e. The molecule has 47 heteroatoms. The van der Waals surface area contributed by atoms with Gasteiger partial charge in [0.25, 0.3) is 0 Å². The summed E-state index contributed by atoms with van der Waals surface area (Å²) < 4.78 is 87.1. The summed E-state index contributed by atoms with van der Waals surface area (Å²) in [6.45, 7) is 26.9. The highest BCUT2D eigenvalue weighted by molar-refractivity contribution is 7.89. The molecule has 21 rings (SSSR count). The zero-order valence-electron chi connectivity index (χ0n) is 84.2. The number of hydrogen-bond donors (Lipinski definition) is 5. The van der Waals surface area contributed by atoms with Gasteiger partial charge < -0.3 is 61.3 Å². The molecule has 0 amide bonds. The highest BCUT2D eigenvalue weighted by Crippen LogP contribution is 2.50. The van der Waals surface area contributed by atoms with Gasteiger partial charge in [-0.1, -0.05) is 59.6 Å². The first-order valence-electron chi connectivity index (χ1n) is 47.7. The number of aryl methyl sites for hydroxylation is 4. The number of unbranched alkanes of at least 4 members (excludes halogenated alkanes) is 2. The minimum absolute atomic E-state index is 0.0128. The summed E-state index contributed by atoms with van der Waals surface area (Å²) in [7, 11) is 4.29. The second-order valence-corrected chi connectivity index (χ2v) is 53.6. The predicted octanol–water partition coefficient (Wildman–Crippen LogP) is 22.1. The lowest BCUT2D eigenvalue weighted by Crippen LogP contribution is -2.45. The van der Waals surface area contributed by atoms with Gasteiger partial charge in [0, 0.05) is 197 Å². The first kappa shape index (κ1) is 108. The molecule has 1 fully saturated rings. The van der Waals surface area contributed by atoms with Crippen LogP contribution in [0.3, 0.4) is 0 Å². The van der Waals surface area contributed by atoms with Crippen LogP contribution < -0.4 is 33.4 Å². The number of likely N-dealkylation sites (N-methyl/N-ethyl adjacent to an activating group) is 1. The number of pyridine rings is 5. The van der Waals surface area contributed by atoms with Gasteiger partial charge in [0.15, 0.2) is 0 Å². The number of anilines is 5. The van der Waals surface area contributed by atoms with Crippen LogP contribution in [0.5, 0.6) is 5.75 Å². The van der Waals surface area contributed by atoms with Crippen molar-refractivity contribution in [3.05, 3.63) is 161 Å². The van der Waals surface area contributed by atoms with Gasteiger partial charge >= 0.3 is 0 Å². The second-order valence-electron chi connectivity index (χ2n) is 34.8. The number of hydrogen-bond acceptors (Lipinski definition) is 38. The Morgan fingerprint density at radius 1 is 0.365 bits per heavy atom. The van der Waals surface area contributed by atoms with Crippen molar-refractivity contribution in [1.29, 1.82) is 0 Å². The summed E-state index contributed by atoms with van der Waals surface area (Å²) in [4.78, 5) is 72.5. The number of piperazine rings is 1. The molecule has 148 heavy (non-hydrogen) atoms. The van der Waals surface area contributed by atoms with Crippen molar-refractivity contribution in [2.75, 3.05) is 111 Å². The smallest absolute Gasteiger partial charge is 0.141 e. The van der Waals surface area contributed by atoms with Crippen LogP contribution in [0, 0.1) is 27.7 Å². The topological polar surface area (TPSA) is 441 Å². The number of aromatic nitrogens is 18. The molecule has 19 aromatic heterocycles. The maximum atomic E-state index is 13.0. The fourth-order valence-corrected chi connectivity index (χ4v) is 32.8. The van der Waals surface area contributed by atoms with Crippen molar-refractivity contribution in [1.82, 2.24) is 97.8 Å². The zero-order valence-corrected chi connectivity index (χ0v) is 96.4. The van der Waals surface area contributed by atoms with Gasteiger partial charge in [0.05, 0.1) is 142 Å². The molecule has 20 aromatic rings. The summed E-state index contributed by atoms with van der Waals surface area (Å²) in [6, 6.07) is 18.2. The average Bonchev–Trinajstić information content (AvgIpc) is 1.61. The van der Waals surface area contributed by atoms with Crippen LogP contribution in [0.4, 0.5) is 28.4 Å². The van der Waals surface area contributed by atoms with Crippen LogP contribution in [0.1, 0.15) is 96.9 Å². The highest BCUT2D eigenvalue weighted by Gasteiger charge is 2.31. The Morgan fingerprint density at radius 2 is 0.662 bits per heavy atom. The molecule has 1 aliphatic heterocycles. The van der Waals surface area contributed by atoms with E-state index in [0.29, 0.717) is 88.1 Å². The molecule has 1 saturated heterocycles. The molecular formula is C101H113N25O7S15. The third-order valence-corrected chi connectivity index (χ3v) is 43.8. The van der Waals surface area contributed by atoms with Crippen LogP contribution in [0.2, 0.25) is 0 Å². The third kappa shape index (κ3) is 23.5. The molecule has 0 radical (unpaired) electrons. The number of thiophene rings is 5. The third-order valence-electron chi connectivity index (χ3n) is 24.8. The largest absolute Gasteiger partial charge is 0.492 e. The van der Waals surface area contributed by atoms with E-state index in [1.165, 1.54) is 79.4 Å². The Balaban J connectivity index is 0.000000127. The Morgan fingerprint density at radius 3 is 0.946 bits per heavy atom. The fraction of sp³-hybridized carbons (Fsp3) is 0.327. The van der Waals surface area contributed by atoms with Gasteiger partial charge in [0.2, 0.25) is 0 Å². The predicted molar refractivity (Wildman–Crippen MR) is 622 cm³/mol. The van der Waals surface area contributed by atoms with Gasteiger partial charge in [-0.2, -0.15) is 0 Å². The number of fused-ring (bicyclic) bond motifs is 5. The van der Waals surface area contributed by atoms with Crippen molar-refractivity contribution >= 4 is 247 Å².